The van der Waals surface area contributed by atoms with Crippen molar-refractivity contribution < 1.29 is 19.1 Å². The van der Waals surface area contributed by atoms with E-state index in [9.17, 15) is 14.9 Å². The van der Waals surface area contributed by atoms with Gasteiger partial charge in [0.15, 0.2) is 0 Å². The summed E-state index contributed by atoms with van der Waals surface area (Å²) in [5.74, 6) is 0.440. The van der Waals surface area contributed by atoms with Gasteiger partial charge in [0.1, 0.15) is 29.7 Å². The van der Waals surface area contributed by atoms with E-state index in [0.29, 0.717) is 54.4 Å². The van der Waals surface area contributed by atoms with Crippen LogP contribution in [0.1, 0.15) is 40.7 Å². The summed E-state index contributed by atoms with van der Waals surface area (Å²) in [4.78, 5) is 26.5. The number of hydrogen-bond donors (Lipinski definition) is 2. The predicted molar refractivity (Wildman–Crippen MR) is 128 cm³/mol. The van der Waals surface area contributed by atoms with E-state index in [1.807, 2.05) is 24.3 Å². The third-order valence-electron chi connectivity index (χ3n) is 6.02. The second kappa shape index (κ2) is 10.2. The zero-order valence-corrected chi connectivity index (χ0v) is 19.7. The standard InChI is InChI=1S/C26H26ClN3O4/c1-33-19-7-8-20-18(15-19)5-3-2-4-12-34-23-9-6-17(13-21(23)27)14-22(29-24(20)31)25(32)30-26(16-28)10-11-26/h2,4,6-9,13,15,22H,3,5,10-12,14H2,1H3,(H,29,31)(H,30,32). The number of amides is 2. The first-order valence-corrected chi connectivity index (χ1v) is 11.6. The SMILES string of the molecule is COc1ccc2c(c1)CCC=CCOc1ccc(cc1Cl)CC(C(=O)NC1(C#N)CC1)NC2=O. The van der Waals surface area contributed by atoms with Crippen molar-refractivity contribution in [3.05, 3.63) is 70.3 Å². The van der Waals surface area contributed by atoms with Crippen LogP contribution in [0.5, 0.6) is 11.5 Å². The maximum atomic E-state index is 13.3. The van der Waals surface area contributed by atoms with E-state index in [1.54, 1.807) is 31.4 Å². The highest BCUT2D eigenvalue weighted by atomic mass is 35.5. The fourth-order valence-corrected chi connectivity index (χ4v) is 4.13. The Morgan fingerprint density at radius 1 is 1.26 bits per heavy atom. The summed E-state index contributed by atoms with van der Waals surface area (Å²) < 4.78 is 11.1. The molecule has 0 saturated heterocycles. The Balaban J connectivity index is 1.67. The average molecular weight is 480 g/mol. The number of halogens is 1. The van der Waals surface area contributed by atoms with Crippen molar-refractivity contribution >= 4 is 23.4 Å². The van der Waals surface area contributed by atoms with Crippen LogP contribution in [-0.2, 0) is 17.6 Å². The van der Waals surface area contributed by atoms with E-state index in [1.165, 1.54) is 0 Å². The molecule has 2 heterocycles. The minimum atomic E-state index is -0.885. The summed E-state index contributed by atoms with van der Waals surface area (Å²) in [7, 11) is 1.58. The molecule has 7 nitrogen and oxygen atoms in total. The van der Waals surface area contributed by atoms with Gasteiger partial charge in [-0.25, -0.2) is 0 Å². The summed E-state index contributed by atoms with van der Waals surface area (Å²) in [6.45, 7) is 0.367. The Bertz CT molecular complexity index is 1170. The summed E-state index contributed by atoms with van der Waals surface area (Å²) in [6, 6.07) is 11.9. The number of aryl methyl sites for hydroxylation is 1. The van der Waals surface area contributed by atoms with Crippen molar-refractivity contribution in [2.45, 2.75) is 43.7 Å². The molecule has 8 heteroatoms. The molecule has 0 radical (unpaired) electrons. The molecule has 2 aromatic carbocycles. The Morgan fingerprint density at radius 3 is 2.79 bits per heavy atom. The molecule has 2 bridgehead atoms. The maximum absolute atomic E-state index is 13.3. The van der Waals surface area contributed by atoms with Gasteiger partial charge in [-0.3, -0.25) is 9.59 Å². The van der Waals surface area contributed by atoms with Gasteiger partial charge in [-0.15, -0.1) is 0 Å². The van der Waals surface area contributed by atoms with Crippen molar-refractivity contribution in [1.82, 2.24) is 10.6 Å². The van der Waals surface area contributed by atoms with Crippen LogP contribution in [0.4, 0.5) is 0 Å². The molecule has 5 rings (SSSR count). The monoisotopic (exact) mass is 479 g/mol. The van der Waals surface area contributed by atoms with Crippen LogP contribution >= 0.6 is 11.6 Å². The Hall–Kier alpha value is -3.50. The van der Waals surface area contributed by atoms with Gasteiger partial charge in [0.25, 0.3) is 5.91 Å². The number of benzene rings is 2. The van der Waals surface area contributed by atoms with Crippen LogP contribution in [0.3, 0.4) is 0 Å². The smallest absolute Gasteiger partial charge is 0.252 e. The molecular weight excluding hydrogens is 454 g/mol. The minimum Gasteiger partial charge on any atom is -0.497 e. The number of ether oxygens (including phenoxy) is 2. The molecule has 2 aliphatic heterocycles. The predicted octanol–water partition coefficient (Wildman–Crippen LogP) is 3.74. The molecule has 0 spiro atoms. The third-order valence-corrected chi connectivity index (χ3v) is 6.32. The van der Waals surface area contributed by atoms with Gasteiger partial charge in [-0.05, 0) is 67.1 Å². The average Bonchev–Trinajstić information content (AvgIpc) is 3.60. The Kier molecular flexibility index (Phi) is 7.09. The highest BCUT2D eigenvalue weighted by molar-refractivity contribution is 6.32. The maximum Gasteiger partial charge on any atom is 0.252 e. The second-order valence-corrected chi connectivity index (χ2v) is 8.93. The van der Waals surface area contributed by atoms with Gasteiger partial charge in [0, 0.05) is 12.0 Å². The highest BCUT2D eigenvalue weighted by Gasteiger charge is 2.45. The Morgan fingerprint density at radius 2 is 2.09 bits per heavy atom. The summed E-state index contributed by atoms with van der Waals surface area (Å²) in [5.41, 5.74) is 1.21. The van der Waals surface area contributed by atoms with Crippen molar-refractivity contribution in [1.29, 1.82) is 5.26 Å². The van der Waals surface area contributed by atoms with Crippen molar-refractivity contribution in [3.63, 3.8) is 0 Å². The number of carbonyl (C=O) groups is 2. The van der Waals surface area contributed by atoms with Gasteiger partial charge in [-0.2, -0.15) is 5.26 Å². The van der Waals surface area contributed by atoms with E-state index in [2.05, 4.69) is 16.7 Å². The molecule has 1 atom stereocenters. The lowest BCUT2D eigenvalue weighted by molar-refractivity contribution is -0.123. The van der Waals surface area contributed by atoms with Crippen LogP contribution in [0.25, 0.3) is 0 Å². The lowest BCUT2D eigenvalue weighted by Gasteiger charge is -2.22. The molecule has 0 aromatic heterocycles. The van der Waals surface area contributed by atoms with E-state index in [0.717, 1.165) is 11.1 Å². The fraction of sp³-hybridized carbons (Fsp3) is 0.346. The van der Waals surface area contributed by atoms with Crippen LogP contribution in [0, 0.1) is 11.3 Å². The zero-order chi connectivity index (χ0) is 24.1. The van der Waals surface area contributed by atoms with Crippen molar-refractivity contribution in [3.8, 4) is 17.6 Å². The van der Waals surface area contributed by atoms with Gasteiger partial charge < -0.3 is 20.1 Å². The van der Waals surface area contributed by atoms with E-state index >= 15 is 0 Å². The summed E-state index contributed by atoms with van der Waals surface area (Å²) in [5, 5.41) is 15.5. The van der Waals surface area contributed by atoms with Crippen LogP contribution < -0.4 is 20.1 Å². The molecule has 2 aromatic rings. The topological polar surface area (TPSA) is 100 Å². The van der Waals surface area contributed by atoms with Crippen LogP contribution in [-0.4, -0.2) is 37.1 Å². The van der Waals surface area contributed by atoms with Crippen LogP contribution in [0.15, 0.2) is 48.6 Å². The van der Waals surface area contributed by atoms with E-state index in [4.69, 9.17) is 21.1 Å². The molecule has 2 N–H and O–H groups in total. The molecule has 3 aliphatic rings. The first-order valence-electron chi connectivity index (χ1n) is 11.2. The lowest BCUT2D eigenvalue weighted by Crippen LogP contribution is -2.51. The number of methoxy groups -OCH3 is 1. The summed E-state index contributed by atoms with van der Waals surface area (Å²) >= 11 is 6.39. The van der Waals surface area contributed by atoms with Gasteiger partial charge >= 0.3 is 0 Å². The van der Waals surface area contributed by atoms with E-state index in [-0.39, 0.29) is 12.3 Å². The molecule has 34 heavy (non-hydrogen) atoms. The fourth-order valence-electron chi connectivity index (χ4n) is 3.87. The van der Waals surface area contributed by atoms with Gasteiger partial charge in [0.05, 0.1) is 18.2 Å². The van der Waals surface area contributed by atoms with Gasteiger partial charge in [-0.1, -0.05) is 29.8 Å². The molecule has 176 valence electrons. The first-order chi connectivity index (χ1) is 16.4. The number of carbonyl (C=O) groups excluding carboxylic acids is 2. The lowest BCUT2D eigenvalue weighted by atomic mass is 9.99. The van der Waals surface area contributed by atoms with Crippen molar-refractivity contribution in [2.24, 2.45) is 0 Å². The highest BCUT2D eigenvalue weighted by Crippen LogP contribution is 2.34. The number of nitrogens with one attached hydrogen (secondary N) is 2. The number of nitrogens with zero attached hydrogens (tertiary/aromatic N) is 1. The normalized spacial score (nSPS) is 19.2. The van der Waals surface area contributed by atoms with E-state index < -0.39 is 17.5 Å². The number of rotatable bonds is 3. The van der Waals surface area contributed by atoms with Gasteiger partial charge in [0.2, 0.25) is 5.91 Å². The second-order valence-electron chi connectivity index (χ2n) is 8.52. The third kappa shape index (κ3) is 5.52. The Labute approximate surface area is 203 Å². The molecule has 1 aliphatic carbocycles. The summed E-state index contributed by atoms with van der Waals surface area (Å²) in [6.07, 6.45) is 6.62. The number of hydrogen-bond acceptors (Lipinski definition) is 5. The molecular formula is C26H26ClN3O4. The number of allylic oxidation sites excluding steroid dienone is 1. The molecule has 2 amide bonds. The number of nitriles is 1. The molecule has 1 fully saturated rings. The first kappa shape index (κ1) is 23.7. The largest absolute Gasteiger partial charge is 0.497 e. The molecule has 1 saturated carbocycles. The zero-order valence-electron chi connectivity index (χ0n) is 18.9. The molecule has 1 unspecified atom stereocenters. The minimum absolute atomic E-state index is 0.213. The quantitative estimate of drug-likeness (QED) is 0.653. The number of fused-ring (bicyclic) bond motifs is 9. The van der Waals surface area contributed by atoms with Crippen LogP contribution in [0.2, 0.25) is 5.02 Å². The van der Waals surface area contributed by atoms with Crippen molar-refractivity contribution in [2.75, 3.05) is 13.7 Å².